The van der Waals surface area contributed by atoms with Crippen LogP contribution in [-0.2, 0) is 15.8 Å². The lowest BCUT2D eigenvalue weighted by Gasteiger charge is -2.21. The van der Waals surface area contributed by atoms with Crippen molar-refractivity contribution in [1.82, 2.24) is 4.90 Å². The number of carbonyl (C=O) groups is 2. The highest BCUT2D eigenvalue weighted by Crippen LogP contribution is 2.51. The van der Waals surface area contributed by atoms with Crippen LogP contribution in [0.3, 0.4) is 0 Å². The molecule has 1 fully saturated rings. The second-order valence-electron chi connectivity index (χ2n) is 5.50. The molecule has 120 valence electrons. The Morgan fingerprint density at radius 3 is 2.45 bits per heavy atom. The van der Waals surface area contributed by atoms with Crippen molar-refractivity contribution in [1.29, 1.82) is 0 Å². The van der Waals surface area contributed by atoms with Gasteiger partial charge in [0.2, 0.25) is 5.91 Å². The summed E-state index contributed by atoms with van der Waals surface area (Å²) in [6.45, 7) is 1.36. The van der Waals surface area contributed by atoms with Crippen molar-refractivity contribution in [3.8, 4) is 0 Å². The summed E-state index contributed by atoms with van der Waals surface area (Å²) in [5, 5.41) is 8.89. The number of hydrogen-bond donors (Lipinski definition) is 1. The number of alkyl halides is 3. The molecule has 0 heterocycles. The summed E-state index contributed by atoms with van der Waals surface area (Å²) < 4.78 is 39.0. The number of halogens is 3. The molecule has 7 heteroatoms. The Hall–Kier alpha value is -2.05. The molecule has 1 aromatic carbocycles. The van der Waals surface area contributed by atoms with E-state index in [1.54, 1.807) is 0 Å². The standard InChI is InChI=1S/C15H16F3NO3/c1-8(14(21)22)19(2)13(20)11-7-10(11)9-5-3-4-6-12(9)15(16,17)18/h3-6,8,10-11H,7H2,1-2H3,(H,21,22)/t8-,10+,11+/m1/s1. The molecule has 0 saturated heterocycles. The van der Waals surface area contributed by atoms with E-state index < -0.39 is 41.5 Å². The number of aliphatic carboxylic acids is 1. The lowest BCUT2D eigenvalue weighted by Crippen LogP contribution is -2.41. The molecule has 1 N–H and O–H groups in total. The fraction of sp³-hybridized carbons (Fsp3) is 0.467. The second kappa shape index (κ2) is 5.62. The van der Waals surface area contributed by atoms with Gasteiger partial charge >= 0.3 is 12.1 Å². The molecule has 0 spiro atoms. The van der Waals surface area contributed by atoms with Crippen LogP contribution in [0.4, 0.5) is 13.2 Å². The molecule has 4 nitrogen and oxygen atoms in total. The lowest BCUT2D eigenvalue weighted by atomic mass is 10.0. The number of carboxylic acids is 1. The maximum atomic E-state index is 13.0. The number of nitrogens with zero attached hydrogens (tertiary/aromatic N) is 1. The van der Waals surface area contributed by atoms with E-state index in [2.05, 4.69) is 0 Å². The van der Waals surface area contributed by atoms with Gasteiger partial charge in [0.15, 0.2) is 0 Å². The molecular formula is C15H16F3NO3. The maximum absolute atomic E-state index is 13.0. The summed E-state index contributed by atoms with van der Waals surface area (Å²) in [5.41, 5.74) is -0.631. The van der Waals surface area contributed by atoms with E-state index in [0.717, 1.165) is 11.0 Å². The van der Waals surface area contributed by atoms with Crippen LogP contribution >= 0.6 is 0 Å². The Kier molecular flexibility index (Phi) is 4.17. The van der Waals surface area contributed by atoms with E-state index in [0.29, 0.717) is 6.42 Å². The average Bonchev–Trinajstić information content (AvgIpc) is 3.24. The number of hydrogen-bond acceptors (Lipinski definition) is 2. The van der Waals surface area contributed by atoms with E-state index in [9.17, 15) is 22.8 Å². The highest BCUT2D eigenvalue weighted by molar-refractivity contribution is 5.87. The molecule has 0 unspecified atom stereocenters. The van der Waals surface area contributed by atoms with E-state index in [1.807, 2.05) is 0 Å². The molecule has 0 radical (unpaired) electrons. The number of carbonyl (C=O) groups excluding carboxylic acids is 1. The Labute approximate surface area is 125 Å². The highest BCUT2D eigenvalue weighted by atomic mass is 19.4. The third kappa shape index (κ3) is 3.08. The summed E-state index contributed by atoms with van der Waals surface area (Å²) in [6, 6.07) is 4.19. The fourth-order valence-electron chi connectivity index (χ4n) is 2.51. The van der Waals surface area contributed by atoms with Crippen LogP contribution in [0.15, 0.2) is 24.3 Å². The van der Waals surface area contributed by atoms with Gasteiger partial charge in [-0.1, -0.05) is 18.2 Å². The zero-order valence-electron chi connectivity index (χ0n) is 12.1. The SMILES string of the molecule is C[C@H](C(=O)O)N(C)C(=O)[C@H]1C[C@H]1c1ccccc1C(F)(F)F. The van der Waals surface area contributed by atoms with Gasteiger partial charge in [0, 0.05) is 13.0 Å². The zero-order chi connectivity index (χ0) is 16.7. The first-order valence-corrected chi connectivity index (χ1v) is 6.80. The molecule has 0 bridgehead atoms. The topological polar surface area (TPSA) is 57.6 Å². The Balaban J connectivity index is 2.17. The van der Waals surface area contributed by atoms with Crippen LogP contribution in [0.5, 0.6) is 0 Å². The average molecular weight is 315 g/mol. The predicted octanol–water partition coefficient (Wildman–Crippen LogP) is 2.74. The van der Waals surface area contributed by atoms with Crippen LogP contribution in [0, 0.1) is 5.92 Å². The molecule has 0 aromatic heterocycles. The van der Waals surface area contributed by atoms with Crippen molar-refractivity contribution < 1.29 is 27.9 Å². The minimum atomic E-state index is -4.47. The van der Waals surface area contributed by atoms with E-state index in [1.165, 1.54) is 32.2 Å². The Morgan fingerprint density at radius 1 is 1.32 bits per heavy atom. The molecular weight excluding hydrogens is 299 g/mol. The summed E-state index contributed by atoms with van der Waals surface area (Å²) in [6.07, 6.45) is -4.16. The molecule has 22 heavy (non-hydrogen) atoms. The minimum Gasteiger partial charge on any atom is -0.480 e. The predicted molar refractivity (Wildman–Crippen MR) is 72.2 cm³/mol. The fourth-order valence-corrected chi connectivity index (χ4v) is 2.51. The van der Waals surface area contributed by atoms with Crippen LogP contribution < -0.4 is 0 Å². The highest BCUT2D eigenvalue weighted by Gasteiger charge is 2.49. The molecule has 1 amide bonds. The first kappa shape index (κ1) is 16.3. The van der Waals surface area contributed by atoms with Gasteiger partial charge in [-0.15, -0.1) is 0 Å². The zero-order valence-corrected chi connectivity index (χ0v) is 12.1. The molecule has 2 rings (SSSR count). The van der Waals surface area contributed by atoms with Crippen molar-refractivity contribution in [3.63, 3.8) is 0 Å². The van der Waals surface area contributed by atoms with Gasteiger partial charge in [0.25, 0.3) is 0 Å². The third-order valence-electron chi connectivity index (χ3n) is 4.06. The molecule has 1 aliphatic carbocycles. The first-order chi connectivity index (χ1) is 10.1. The number of likely N-dealkylation sites (N-methyl/N-ethyl adjacent to an activating group) is 1. The van der Waals surface area contributed by atoms with Crippen LogP contribution in [0.2, 0.25) is 0 Å². The van der Waals surface area contributed by atoms with Crippen molar-refractivity contribution in [2.75, 3.05) is 7.05 Å². The molecule has 1 aliphatic rings. The monoisotopic (exact) mass is 315 g/mol. The van der Waals surface area contributed by atoms with Crippen molar-refractivity contribution in [2.24, 2.45) is 5.92 Å². The van der Waals surface area contributed by atoms with Crippen molar-refractivity contribution in [2.45, 2.75) is 31.5 Å². The van der Waals surface area contributed by atoms with Gasteiger partial charge in [0.1, 0.15) is 6.04 Å². The molecule has 0 aliphatic heterocycles. The number of carboxylic acid groups (broad SMARTS) is 1. The van der Waals surface area contributed by atoms with Crippen molar-refractivity contribution >= 4 is 11.9 Å². The van der Waals surface area contributed by atoms with Gasteiger partial charge in [-0.2, -0.15) is 13.2 Å². The summed E-state index contributed by atoms with van der Waals surface area (Å²) in [5.74, 6) is -2.68. The van der Waals surface area contributed by atoms with Gasteiger partial charge in [0.05, 0.1) is 5.56 Å². The summed E-state index contributed by atoms with van der Waals surface area (Å²) in [7, 11) is 1.35. The van der Waals surface area contributed by atoms with Gasteiger partial charge < -0.3 is 10.0 Å². The quantitative estimate of drug-likeness (QED) is 0.929. The second-order valence-corrected chi connectivity index (χ2v) is 5.50. The van der Waals surface area contributed by atoms with Gasteiger partial charge in [-0.25, -0.2) is 4.79 Å². The van der Waals surface area contributed by atoms with E-state index in [-0.39, 0.29) is 5.56 Å². The number of benzene rings is 1. The normalized spacial score (nSPS) is 22.0. The largest absolute Gasteiger partial charge is 0.480 e. The van der Waals surface area contributed by atoms with Gasteiger partial charge in [-0.05, 0) is 30.9 Å². The summed E-state index contributed by atoms with van der Waals surface area (Å²) >= 11 is 0. The van der Waals surface area contributed by atoms with Crippen molar-refractivity contribution in [3.05, 3.63) is 35.4 Å². The number of rotatable bonds is 4. The molecule has 1 saturated carbocycles. The smallest absolute Gasteiger partial charge is 0.416 e. The third-order valence-corrected chi connectivity index (χ3v) is 4.06. The van der Waals surface area contributed by atoms with Crippen LogP contribution in [0.25, 0.3) is 0 Å². The van der Waals surface area contributed by atoms with E-state index in [4.69, 9.17) is 5.11 Å². The lowest BCUT2D eigenvalue weighted by molar-refractivity contribution is -0.148. The van der Waals surface area contributed by atoms with E-state index >= 15 is 0 Å². The molecule has 1 aromatic rings. The maximum Gasteiger partial charge on any atom is 0.416 e. The molecule has 3 atom stereocenters. The first-order valence-electron chi connectivity index (χ1n) is 6.80. The van der Waals surface area contributed by atoms with Gasteiger partial charge in [-0.3, -0.25) is 4.79 Å². The van der Waals surface area contributed by atoms with Crippen LogP contribution in [0.1, 0.15) is 30.4 Å². The number of amides is 1. The van der Waals surface area contributed by atoms with Crippen LogP contribution in [-0.4, -0.2) is 35.0 Å². The summed E-state index contributed by atoms with van der Waals surface area (Å²) in [4.78, 5) is 24.1. The Morgan fingerprint density at radius 2 is 1.91 bits per heavy atom. The Bertz CT molecular complexity index is 600. The minimum absolute atomic E-state index is 0.102.